The Morgan fingerprint density at radius 1 is 1.64 bits per heavy atom. The Bertz CT molecular complexity index is 165. The SMILES string of the molecule is CN[C@@H](CC1(C)NN1)C(C)=O. The number of ketones is 1. The van der Waals surface area contributed by atoms with E-state index in [0.717, 1.165) is 6.42 Å². The Hall–Kier alpha value is -0.450. The molecule has 1 rings (SSSR count). The minimum absolute atomic E-state index is 0.0284. The minimum Gasteiger partial charge on any atom is -0.310 e. The number of Topliss-reactive ketones (excluding diaryl/α,β-unsaturated/α-hetero) is 1. The average molecular weight is 157 g/mol. The maximum Gasteiger partial charge on any atom is 0.146 e. The van der Waals surface area contributed by atoms with E-state index >= 15 is 0 Å². The lowest BCUT2D eigenvalue weighted by molar-refractivity contribution is -0.119. The third-order valence-corrected chi connectivity index (χ3v) is 2.00. The molecule has 1 saturated heterocycles. The van der Waals surface area contributed by atoms with Crippen LogP contribution in [-0.4, -0.2) is 24.5 Å². The molecule has 0 unspecified atom stereocenters. The van der Waals surface area contributed by atoms with E-state index in [1.165, 1.54) is 0 Å². The Balaban J connectivity index is 2.37. The third kappa shape index (κ3) is 2.25. The van der Waals surface area contributed by atoms with Gasteiger partial charge in [-0.1, -0.05) is 0 Å². The second kappa shape index (κ2) is 2.89. The molecule has 0 aromatic rings. The standard InChI is InChI=1S/C7H15N3O/c1-5(11)6(8-3)4-7(2)9-10-7/h6,8-10H,4H2,1-3H3/t6-/m0/s1. The molecule has 1 atom stereocenters. The molecule has 0 bridgehead atoms. The van der Waals surface area contributed by atoms with Crippen LogP contribution in [0.3, 0.4) is 0 Å². The van der Waals surface area contributed by atoms with Gasteiger partial charge >= 0.3 is 0 Å². The second-order valence-corrected chi connectivity index (χ2v) is 3.24. The number of carbonyl (C=O) groups excluding carboxylic acids is 1. The fourth-order valence-corrected chi connectivity index (χ4v) is 1.07. The van der Waals surface area contributed by atoms with Crippen LogP contribution in [0.5, 0.6) is 0 Å². The highest BCUT2D eigenvalue weighted by atomic mass is 16.1. The van der Waals surface area contributed by atoms with E-state index in [1.807, 2.05) is 6.92 Å². The van der Waals surface area contributed by atoms with Gasteiger partial charge in [-0.25, -0.2) is 10.9 Å². The van der Waals surface area contributed by atoms with Crippen molar-refractivity contribution in [3.8, 4) is 0 Å². The molecule has 0 aromatic carbocycles. The second-order valence-electron chi connectivity index (χ2n) is 3.24. The highest BCUT2D eigenvalue weighted by molar-refractivity contribution is 5.81. The van der Waals surface area contributed by atoms with Crippen molar-refractivity contribution in [2.75, 3.05) is 7.05 Å². The molecule has 0 spiro atoms. The first-order chi connectivity index (χ1) is 5.07. The molecule has 0 amide bonds. The lowest BCUT2D eigenvalue weighted by Crippen LogP contribution is -2.37. The number of hydrogen-bond donors (Lipinski definition) is 3. The molecule has 11 heavy (non-hydrogen) atoms. The van der Waals surface area contributed by atoms with Crippen molar-refractivity contribution in [1.29, 1.82) is 0 Å². The topological polar surface area (TPSA) is 73.0 Å². The number of likely N-dealkylation sites (N-methyl/N-ethyl adjacent to an activating group) is 1. The van der Waals surface area contributed by atoms with Crippen molar-refractivity contribution in [2.45, 2.75) is 32.0 Å². The molecular weight excluding hydrogens is 142 g/mol. The third-order valence-electron chi connectivity index (χ3n) is 2.00. The van der Waals surface area contributed by atoms with Gasteiger partial charge in [0, 0.05) is 6.42 Å². The van der Waals surface area contributed by atoms with Crippen LogP contribution in [0.4, 0.5) is 0 Å². The fraction of sp³-hybridized carbons (Fsp3) is 0.857. The zero-order valence-corrected chi connectivity index (χ0v) is 7.19. The maximum atomic E-state index is 11.0. The van der Waals surface area contributed by atoms with Crippen LogP contribution in [0.1, 0.15) is 20.3 Å². The molecule has 1 heterocycles. The monoisotopic (exact) mass is 157 g/mol. The predicted molar refractivity (Wildman–Crippen MR) is 42.8 cm³/mol. The highest BCUT2D eigenvalue weighted by Crippen LogP contribution is 2.16. The van der Waals surface area contributed by atoms with Crippen molar-refractivity contribution in [3.05, 3.63) is 0 Å². The smallest absolute Gasteiger partial charge is 0.146 e. The molecule has 4 heteroatoms. The number of carbonyl (C=O) groups is 1. The van der Waals surface area contributed by atoms with E-state index in [9.17, 15) is 4.79 Å². The summed E-state index contributed by atoms with van der Waals surface area (Å²) < 4.78 is 0. The molecule has 0 radical (unpaired) electrons. The van der Waals surface area contributed by atoms with Gasteiger partial charge in [0.25, 0.3) is 0 Å². The van der Waals surface area contributed by atoms with Crippen molar-refractivity contribution >= 4 is 5.78 Å². The van der Waals surface area contributed by atoms with Crippen LogP contribution in [-0.2, 0) is 4.79 Å². The summed E-state index contributed by atoms with van der Waals surface area (Å²) >= 11 is 0. The molecule has 3 N–H and O–H groups in total. The van der Waals surface area contributed by atoms with Crippen molar-refractivity contribution in [1.82, 2.24) is 16.2 Å². The Morgan fingerprint density at radius 3 is 2.45 bits per heavy atom. The number of hydrazine groups is 1. The fourth-order valence-electron chi connectivity index (χ4n) is 1.07. The van der Waals surface area contributed by atoms with Crippen LogP contribution in [0.15, 0.2) is 0 Å². The first kappa shape index (κ1) is 8.64. The van der Waals surface area contributed by atoms with E-state index < -0.39 is 0 Å². The van der Waals surface area contributed by atoms with Gasteiger partial charge in [-0.05, 0) is 20.9 Å². The van der Waals surface area contributed by atoms with Crippen molar-refractivity contribution in [2.24, 2.45) is 0 Å². The number of rotatable bonds is 4. The number of nitrogens with one attached hydrogen (secondary N) is 3. The predicted octanol–water partition coefficient (Wildman–Crippen LogP) is -0.622. The van der Waals surface area contributed by atoms with Gasteiger partial charge < -0.3 is 5.32 Å². The molecule has 0 aliphatic carbocycles. The summed E-state index contributed by atoms with van der Waals surface area (Å²) in [5, 5.41) is 2.97. The zero-order chi connectivity index (χ0) is 8.48. The highest BCUT2D eigenvalue weighted by Gasteiger charge is 2.38. The molecule has 1 aliphatic rings. The summed E-state index contributed by atoms with van der Waals surface area (Å²) in [5.74, 6) is 0.184. The summed E-state index contributed by atoms with van der Waals surface area (Å²) in [6, 6.07) is -0.0394. The maximum absolute atomic E-state index is 11.0. The van der Waals surface area contributed by atoms with Gasteiger partial charge in [-0.3, -0.25) is 4.79 Å². The van der Waals surface area contributed by atoms with E-state index in [-0.39, 0.29) is 17.5 Å². The van der Waals surface area contributed by atoms with Crippen LogP contribution < -0.4 is 16.2 Å². The van der Waals surface area contributed by atoms with E-state index in [0.29, 0.717) is 0 Å². The number of hydrogen-bond acceptors (Lipinski definition) is 4. The quantitative estimate of drug-likeness (QED) is 0.475. The van der Waals surface area contributed by atoms with Crippen LogP contribution in [0.2, 0.25) is 0 Å². The van der Waals surface area contributed by atoms with Crippen LogP contribution in [0.25, 0.3) is 0 Å². The molecule has 4 nitrogen and oxygen atoms in total. The van der Waals surface area contributed by atoms with Gasteiger partial charge in [0.2, 0.25) is 0 Å². The lowest BCUT2D eigenvalue weighted by atomic mass is 10.0. The molecule has 0 aromatic heterocycles. The first-order valence-electron chi connectivity index (χ1n) is 3.79. The largest absolute Gasteiger partial charge is 0.310 e. The zero-order valence-electron chi connectivity index (χ0n) is 7.19. The molecule has 64 valence electrons. The molecule has 0 saturated carbocycles. The van der Waals surface area contributed by atoms with Crippen LogP contribution >= 0.6 is 0 Å². The summed E-state index contributed by atoms with van der Waals surface area (Å²) in [6.07, 6.45) is 0.791. The van der Waals surface area contributed by atoms with Gasteiger partial charge in [-0.2, -0.15) is 0 Å². The average Bonchev–Trinajstić information content (AvgIpc) is 2.64. The van der Waals surface area contributed by atoms with Gasteiger partial charge in [-0.15, -0.1) is 0 Å². The summed E-state index contributed by atoms with van der Waals surface area (Å²) in [6.45, 7) is 3.63. The summed E-state index contributed by atoms with van der Waals surface area (Å²) in [5.41, 5.74) is 5.95. The summed E-state index contributed by atoms with van der Waals surface area (Å²) in [7, 11) is 1.80. The lowest BCUT2D eigenvalue weighted by Gasteiger charge is -2.14. The Morgan fingerprint density at radius 2 is 2.18 bits per heavy atom. The van der Waals surface area contributed by atoms with E-state index in [1.54, 1.807) is 14.0 Å². The normalized spacial score (nSPS) is 22.8. The van der Waals surface area contributed by atoms with Gasteiger partial charge in [0.15, 0.2) is 0 Å². The van der Waals surface area contributed by atoms with Crippen molar-refractivity contribution in [3.63, 3.8) is 0 Å². The van der Waals surface area contributed by atoms with Gasteiger partial charge in [0.05, 0.1) is 11.7 Å². The minimum atomic E-state index is -0.0394. The summed E-state index contributed by atoms with van der Waals surface area (Å²) in [4.78, 5) is 11.0. The van der Waals surface area contributed by atoms with E-state index in [4.69, 9.17) is 0 Å². The molecule has 1 aliphatic heterocycles. The van der Waals surface area contributed by atoms with Crippen LogP contribution in [0, 0.1) is 0 Å². The Kier molecular flexibility index (Phi) is 2.27. The van der Waals surface area contributed by atoms with E-state index in [2.05, 4.69) is 16.2 Å². The molecular formula is C7H15N3O. The molecule has 1 fully saturated rings. The van der Waals surface area contributed by atoms with Gasteiger partial charge in [0.1, 0.15) is 5.78 Å². The van der Waals surface area contributed by atoms with Crippen molar-refractivity contribution < 1.29 is 4.79 Å². The first-order valence-corrected chi connectivity index (χ1v) is 3.79. The Labute approximate surface area is 66.7 Å².